The van der Waals surface area contributed by atoms with Gasteiger partial charge in [-0.3, -0.25) is 0 Å². The van der Waals surface area contributed by atoms with Crippen molar-refractivity contribution in [3.8, 4) is 0 Å². The summed E-state index contributed by atoms with van der Waals surface area (Å²) < 4.78 is 18.1. The maximum atomic E-state index is 13.0. The molecule has 9 heteroatoms. The van der Waals surface area contributed by atoms with Crippen LogP contribution in [0.2, 0.25) is 0 Å². The van der Waals surface area contributed by atoms with E-state index in [1.165, 1.54) is 12.1 Å². The molecule has 1 atom stereocenters. The molecule has 0 saturated carbocycles. The number of fused-ring (bicyclic) bond motifs is 1. The molecule has 23 heavy (non-hydrogen) atoms. The second kappa shape index (κ2) is 6.53. The Kier molecular flexibility index (Phi) is 4.29. The fraction of sp³-hybridized carbons (Fsp3) is 0.286. The Bertz CT molecular complexity index is 789. The molecule has 0 aliphatic heterocycles. The first-order chi connectivity index (χ1) is 11.2. The van der Waals surface area contributed by atoms with E-state index >= 15 is 0 Å². The lowest BCUT2D eigenvalue weighted by molar-refractivity contribution is 0.190. The zero-order valence-electron chi connectivity index (χ0n) is 12.7. The lowest BCUT2D eigenvalue weighted by Crippen LogP contribution is -2.22. The van der Waals surface area contributed by atoms with Crippen LogP contribution in [0.4, 0.5) is 21.8 Å². The fourth-order valence-corrected chi connectivity index (χ4v) is 2.08. The number of hydrogen-bond donors (Lipinski definition) is 3. The number of nitrogens with zero attached hydrogens (tertiary/aromatic N) is 4. The molecule has 120 valence electrons. The largest absolute Gasteiger partial charge is 0.383 e. The van der Waals surface area contributed by atoms with Crippen molar-refractivity contribution in [1.82, 2.24) is 25.4 Å². The topological polar surface area (TPSA) is 101 Å². The summed E-state index contributed by atoms with van der Waals surface area (Å²) in [7, 11) is 1.63. The van der Waals surface area contributed by atoms with Gasteiger partial charge in [0.15, 0.2) is 11.3 Å². The molecule has 0 fully saturated rings. The Hall–Kier alpha value is -2.81. The van der Waals surface area contributed by atoms with Crippen LogP contribution in [0.5, 0.6) is 0 Å². The molecule has 0 aliphatic carbocycles. The zero-order chi connectivity index (χ0) is 16.2. The SMILES string of the molecule is COC[C@@H](C)Nc1nc(Nc2ccc(F)cc2)c2n[nH]nc2n1. The molecule has 0 amide bonds. The number of anilines is 3. The second-order valence-corrected chi connectivity index (χ2v) is 5.02. The number of methoxy groups -OCH3 is 1. The Balaban J connectivity index is 1.91. The number of ether oxygens (including phenoxy) is 1. The quantitative estimate of drug-likeness (QED) is 0.640. The van der Waals surface area contributed by atoms with Gasteiger partial charge in [0.2, 0.25) is 11.6 Å². The number of halogens is 1. The highest BCUT2D eigenvalue weighted by Gasteiger charge is 2.13. The second-order valence-electron chi connectivity index (χ2n) is 5.02. The predicted molar refractivity (Wildman–Crippen MR) is 84.1 cm³/mol. The normalized spacial score (nSPS) is 12.3. The van der Waals surface area contributed by atoms with Crippen LogP contribution in [-0.4, -0.2) is 45.1 Å². The van der Waals surface area contributed by atoms with Crippen LogP contribution in [0.1, 0.15) is 6.92 Å². The third kappa shape index (κ3) is 3.51. The fourth-order valence-electron chi connectivity index (χ4n) is 2.08. The highest BCUT2D eigenvalue weighted by Crippen LogP contribution is 2.22. The minimum absolute atomic E-state index is 0.0306. The van der Waals surface area contributed by atoms with Crippen molar-refractivity contribution in [2.45, 2.75) is 13.0 Å². The summed E-state index contributed by atoms with van der Waals surface area (Å²) in [5, 5.41) is 16.8. The molecule has 3 aromatic rings. The lowest BCUT2D eigenvalue weighted by Gasteiger charge is -2.13. The van der Waals surface area contributed by atoms with Crippen LogP contribution >= 0.6 is 0 Å². The van der Waals surface area contributed by atoms with Gasteiger partial charge in [-0.05, 0) is 31.2 Å². The van der Waals surface area contributed by atoms with Gasteiger partial charge in [0.05, 0.1) is 6.61 Å². The van der Waals surface area contributed by atoms with E-state index in [0.717, 1.165) is 0 Å². The standard InChI is InChI=1S/C14H16FN7O/c1-8(7-23-2)16-14-18-12(11-13(19-14)21-22-20-11)17-10-5-3-9(15)4-6-10/h3-6,8H,7H2,1-2H3,(H3,16,17,18,19,20,21,22)/t8-/m1/s1. The molecule has 2 heterocycles. The molecular formula is C14H16FN7O. The number of aromatic nitrogens is 5. The maximum absolute atomic E-state index is 13.0. The third-order valence-corrected chi connectivity index (χ3v) is 3.08. The molecule has 8 nitrogen and oxygen atoms in total. The van der Waals surface area contributed by atoms with Crippen molar-refractivity contribution in [3.63, 3.8) is 0 Å². The zero-order valence-corrected chi connectivity index (χ0v) is 12.7. The van der Waals surface area contributed by atoms with E-state index in [-0.39, 0.29) is 11.9 Å². The average molecular weight is 317 g/mol. The number of rotatable bonds is 6. The van der Waals surface area contributed by atoms with Crippen LogP contribution in [0.3, 0.4) is 0 Å². The number of aromatic amines is 1. The van der Waals surface area contributed by atoms with E-state index in [2.05, 4.69) is 36.0 Å². The molecular weight excluding hydrogens is 301 g/mol. The van der Waals surface area contributed by atoms with Gasteiger partial charge in [-0.15, -0.1) is 5.10 Å². The first-order valence-electron chi connectivity index (χ1n) is 7.02. The van der Waals surface area contributed by atoms with Gasteiger partial charge >= 0.3 is 0 Å². The molecule has 0 radical (unpaired) electrons. The summed E-state index contributed by atoms with van der Waals surface area (Å²) in [6, 6.07) is 5.99. The molecule has 0 saturated heterocycles. The highest BCUT2D eigenvalue weighted by atomic mass is 19.1. The first kappa shape index (κ1) is 15.1. The summed E-state index contributed by atoms with van der Waals surface area (Å²) in [5.74, 6) is 0.573. The molecule has 3 rings (SSSR count). The van der Waals surface area contributed by atoms with Gasteiger partial charge in [-0.2, -0.15) is 20.3 Å². The minimum Gasteiger partial charge on any atom is -0.383 e. The highest BCUT2D eigenvalue weighted by molar-refractivity contribution is 5.85. The van der Waals surface area contributed by atoms with E-state index in [4.69, 9.17) is 4.74 Å². The van der Waals surface area contributed by atoms with Gasteiger partial charge in [-0.25, -0.2) is 4.39 Å². The van der Waals surface area contributed by atoms with E-state index in [1.54, 1.807) is 19.2 Å². The number of benzene rings is 1. The van der Waals surface area contributed by atoms with Gasteiger partial charge < -0.3 is 15.4 Å². The number of nitrogens with one attached hydrogen (secondary N) is 3. The van der Waals surface area contributed by atoms with Gasteiger partial charge in [0.25, 0.3) is 0 Å². The summed E-state index contributed by atoms with van der Waals surface area (Å²) in [4.78, 5) is 8.70. The predicted octanol–water partition coefficient (Wildman–Crippen LogP) is 2.08. The van der Waals surface area contributed by atoms with E-state index in [1.807, 2.05) is 6.92 Å². The van der Waals surface area contributed by atoms with Crippen molar-refractivity contribution in [2.24, 2.45) is 0 Å². The maximum Gasteiger partial charge on any atom is 0.227 e. The monoisotopic (exact) mass is 317 g/mol. The molecule has 2 aromatic heterocycles. The molecule has 0 spiro atoms. The van der Waals surface area contributed by atoms with E-state index in [9.17, 15) is 4.39 Å². The smallest absolute Gasteiger partial charge is 0.227 e. The molecule has 0 aliphatic rings. The van der Waals surface area contributed by atoms with Crippen LogP contribution in [0, 0.1) is 5.82 Å². The molecule has 0 unspecified atom stereocenters. The Morgan fingerprint density at radius 3 is 2.74 bits per heavy atom. The van der Waals surface area contributed by atoms with Gasteiger partial charge in [0, 0.05) is 18.8 Å². The van der Waals surface area contributed by atoms with Crippen LogP contribution in [0.15, 0.2) is 24.3 Å². The summed E-state index contributed by atoms with van der Waals surface area (Å²) in [6.07, 6.45) is 0. The molecule has 3 N–H and O–H groups in total. The minimum atomic E-state index is -0.305. The van der Waals surface area contributed by atoms with Crippen LogP contribution < -0.4 is 10.6 Å². The number of H-pyrrole nitrogens is 1. The van der Waals surface area contributed by atoms with Gasteiger partial charge in [0.1, 0.15) is 5.82 Å². The van der Waals surface area contributed by atoms with E-state index in [0.29, 0.717) is 35.2 Å². The van der Waals surface area contributed by atoms with Crippen molar-refractivity contribution in [1.29, 1.82) is 0 Å². The summed E-state index contributed by atoms with van der Waals surface area (Å²) in [5.41, 5.74) is 1.61. The van der Waals surface area contributed by atoms with E-state index < -0.39 is 0 Å². The summed E-state index contributed by atoms with van der Waals surface area (Å²) >= 11 is 0. The van der Waals surface area contributed by atoms with Crippen molar-refractivity contribution < 1.29 is 9.13 Å². The van der Waals surface area contributed by atoms with Crippen LogP contribution in [0.25, 0.3) is 11.2 Å². The van der Waals surface area contributed by atoms with Crippen molar-refractivity contribution in [2.75, 3.05) is 24.4 Å². The Morgan fingerprint density at radius 1 is 1.22 bits per heavy atom. The lowest BCUT2D eigenvalue weighted by atomic mass is 10.3. The van der Waals surface area contributed by atoms with Crippen molar-refractivity contribution in [3.05, 3.63) is 30.1 Å². The Labute approximate surface area is 131 Å². The third-order valence-electron chi connectivity index (χ3n) is 3.08. The number of hydrogen-bond acceptors (Lipinski definition) is 7. The van der Waals surface area contributed by atoms with Crippen LogP contribution in [-0.2, 0) is 4.74 Å². The molecule has 1 aromatic carbocycles. The Morgan fingerprint density at radius 2 is 2.00 bits per heavy atom. The van der Waals surface area contributed by atoms with Gasteiger partial charge in [-0.1, -0.05) is 0 Å². The van der Waals surface area contributed by atoms with Crippen molar-refractivity contribution >= 4 is 28.6 Å². The summed E-state index contributed by atoms with van der Waals surface area (Å²) in [6.45, 7) is 2.47. The molecule has 0 bridgehead atoms. The average Bonchev–Trinajstić information content (AvgIpc) is 2.98. The first-order valence-corrected chi connectivity index (χ1v) is 7.02.